The minimum atomic E-state index is 0.260. The summed E-state index contributed by atoms with van der Waals surface area (Å²) in [6.07, 6.45) is 0. The van der Waals surface area contributed by atoms with Gasteiger partial charge in [-0.05, 0) is 48.7 Å². The summed E-state index contributed by atoms with van der Waals surface area (Å²) in [5.41, 5.74) is 1.29. The first kappa shape index (κ1) is 14.6. The fourth-order valence-corrected chi connectivity index (χ4v) is 4.66. The van der Waals surface area contributed by atoms with Gasteiger partial charge < -0.3 is 10.1 Å². The zero-order valence-corrected chi connectivity index (χ0v) is 13.9. The summed E-state index contributed by atoms with van der Waals surface area (Å²) in [6.45, 7) is 5.81. The molecule has 110 valence electrons. The van der Waals surface area contributed by atoms with Crippen molar-refractivity contribution >= 4 is 32.1 Å². The smallest absolute Gasteiger partial charge is 0.119 e. The van der Waals surface area contributed by atoms with Crippen molar-refractivity contribution in [2.75, 3.05) is 13.2 Å². The molecule has 0 aliphatic rings. The fourth-order valence-electron chi connectivity index (χ4n) is 2.44. The van der Waals surface area contributed by atoms with Crippen LogP contribution in [0.15, 0.2) is 41.8 Å². The number of thiophene rings is 2. The largest absolute Gasteiger partial charge is 0.494 e. The van der Waals surface area contributed by atoms with Crippen molar-refractivity contribution < 1.29 is 4.74 Å². The number of fused-ring (bicyclic) bond motifs is 1. The van der Waals surface area contributed by atoms with Gasteiger partial charge in [-0.3, -0.25) is 0 Å². The second kappa shape index (κ2) is 6.60. The molecule has 21 heavy (non-hydrogen) atoms. The molecule has 2 nitrogen and oxygen atoms in total. The number of ether oxygens (including phenoxy) is 1. The normalized spacial score (nSPS) is 12.7. The van der Waals surface area contributed by atoms with Gasteiger partial charge in [-0.1, -0.05) is 19.1 Å². The van der Waals surface area contributed by atoms with Gasteiger partial charge in [0.1, 0.15) is 5.75 Å². The van der Waals surface area contributed by atoms with Gasteiger partial charge in [0.05, 0.1) is 12.6 Å². The number of hydrogen-bond acceptors (Lipinski definition) is 4. The van der Waals surface area contributed by atoms with Crippen molar-refractivity contribution in [3.63, 3.8) is 0 Å². The highest BCUT2D eigenvalue weighted by Crippen LogP contribution is 2.36. The molecule has 4 heteroatoms. The predicted octanol–water partition coefficient (Wildman–Crippen LogP) is 5.06. The zero-order chi connectivity index (χ0) is 14.7. The van der Waals surface area contributed by atoms with E-state index >= 15 is 0 Å². The van der Waals surface area contributed by atoms with Gasteiger partial charge in [-0.2, -0.15) is 0 Å². The lowest BCUT2D eigenvalue weighted by Gasteiger charge is -2.17. The van der Waals surface area contributed by atoms with Crippen LogP contribution in [0.5, 0.6) is 5.75 Å². The van der Waals surface area contributed by atoms with E-state index in [9.17, 15) is 0 Å². The molecule has 0 saturated heterocycles. The Morgan fingerprint density at radius 3 is 2.57 bits per heavy atom. The van der Waals surface area contributed by atoms with Crippen molar-refractivity contribution in [1.82, 2.24) is 5.32 Å². The second-order valence-electron chi connectivity index (χ2n) is 4.79. The van der Waals surface area contributed by atoms with Gasteiger partial charge in [0.15, 0.2) is 0 Å². The van der Waals surface area contributed by atoms with Crippen LogP contribution in [-0.4, -0.2) is 13.2 Å². The maximum absolute atomic E-state index is 5.53. The van der Waals surface area contributed by atoms with Crippen LogP contribution in [0.4, 0.5) is 0 Å². The van der Waals surface area contributed by atoms with Gasteiger partial charge in [0.2, 0.25) is 0 Å². The molecule has 0 saturated carbocycles. The maximum atomic E-state index is 5.53. The standard InChI is InChI=1S/C17H19NOS2/c1-3-18-17(12-5-7-13(8-6-12)19-4-2)16-11-15-14(21-16)9-10-20-15/h5-11,17-18H,3-4H2,1-2H3. The van der Waals surface area contributed by atoms with Crippen molar-refractivity contribution in [3.8, 4) is 5.75 Å². The van der Waals surface area contributed by atoms with Crippen molar-refractivity contribution in [3.05, 3.63) is 52.2 Å². The number of benzene rings is 1. The number of nitrogens with one attached hydrogen (secondary N) is 1. The topological polar surface area (TPSA) is 21.3 Å². The lowest BCUT2D eigenvalue weighted by atomic mass is 10.1. The van der Waals surface area contributed by atoms with Gasteiger partial charge >= 0.3 is 0 Å². The van der Waals surface area contributed by atoms with E-state index in [-0.39, 0.29) is 6.04 Å². The highest BCUT2D eigenvalue weighted by atomic mass is 32.1. The van der Waals surface area contributed by atoms with Gasteiger partial charge in [0, 0.05) is 14.3 Å². The second-order valence-corrected chi connectivity index (χ2v) is 6.85. The van der Waals surface area contributed by atoms with E-state index in [1.54, 1.807) is 0 Å². The van der Waals surface area contributed by atoms with Crippen molar-refractivity contribution in [1.29, 1.82) is 0 Å². The molecular weight excluding hydrogens is 298 g/mol. The molecule has 2 aromatic heterocycles. The molecule has 3 aromatic rings. The lowest BCUT2D eigenvalue weighted by molar-refractivity contribution is 0.340. The van der Waals surface area contributed by atoms with Gasteiger partial charge in [-0.15, -0.1) is 22.7 Å². The van der Waals surface area contributed by atoms with E-state index in [2.05, 4.69) is 54.0 Å². The van der Waals surface area contributed by atoms with Crippen LogP contribution in [0.25, 0.3) is 9.40 Å². The Morgan fingerprint density at radius 2 is 1.90 bits per heavy atom. The Morgan fingerprint density at radius 1 is 1.10 bits per heavy atom. The molecule has 1 N–H and O–H groups in total. The molecule has 0 radical (unpaired) electrons. The van der Waals surface area contributed by atoms with E-state index in [0.29, 0.717) is 6.61 Å². The molecule has 0 bridgehead atoms. The van der Waals surface area contributed by atoms with Crippen LogP contribution in [0.2, 0.25) is 0 Å². The zero-order valence-electron chi connectivity index (χ0n) is 12.3. The third-order valence-corrected chi connectivity index (χ3v) is 5.53. The quantitative estimate of drug-likeness (QED) is 0.686. The van der Waals surface area contributed by atoms with Crippen LogP contribution in [0, 0.1) is 0 Å². The van der Waals surface area contributed by atoms with Crippen LogP contribution < -0.4 is 10.1 Å². The Hall–Kier alpha value is -1.36. The summed E-state index contributed by atoms with van der Waals surface area (Å²) < 4.78 is 8.28. The van der Waals surface area contributed by atoms with E-state index in [1.807, 2.05) is 29.6 Å². The third-order valence-electron chi connectivity index (χ3n) is 3.38. The molecular formula is C17H19NOS2. The average Bonchev–Trinajstić information content (AvgIpc) is 3.07. The van der Waals surface area contributed by atoms with E-state index in [0.717, 1.165) is 12.3 Å². The van der Waals surface area contributed by atoms with E-state index in [1.165, 1.54) is 19.8 Å². The summed E-state index contributed by atoms with van der Waals surface area (Å²) in [5, 5.41) is 5.75. The summed E-state index contributed by atoms with van der Waals surface area (Å²) in [4.78, 5) is 1.38. The summed E-state index contributed by atoms with van der Waals surface area (Å²) in [7, 11) is 0. The SMILES string of the molecule is CCNC(c1ccc(OCC)cc1)c1cc2sccc2s1. The Bertz CT molecular complexity index is 670. The Kier molecular flexibility index (Phi) is 4.58. The Balaban J connectivity index is 1.91. The fraction of sp³-hybridized carbons (Fsp3) is 0.294. The number of rotatable bonds is 6. The first-order valence-corrected chi connectivity index (χ1v) is 8.94. The molecule has 0 spiro atoms. The van der Waals surface area contributed by atoms with Crippen molar-refractivity contribution in [2.45, 2.75) is 19.9 Å². The third kappa shape index (κ3) is 3.12. The highest BCUT2D eigenvalue weighted by molar-refractivity contribution is 7.27. The lowest BCUT2D eigenvalue weighted by Crippen LogP contribution is -2.20. The molecule has 0 aliphatic heterocycles. The summed E-state index contributed by atoms with van der Waals surface area (Å²) in [5.74, 6) is 0.934. The Labute approximate surface area is 133 Å². The van der Waals surface area contributed by atoms with Crippen LogP contribution in [0.1, 0.15) is 30.3 Å². The van der Waals surface area contributed by atoms with Crippen LogP contribution in [-0.2, 0) is 0 Å². The monoisotopic (exact) mass is 317 g/mol. The maximum Gasteiger partial charge on any atom is 0.119 e. The molecule has 1 aromatic carbocycles. The molecule has 0 amide bonds. The molecule has 0 aliphatic carbocycles. The first-order valence-electron chi connectivity index (χ1n) is 7.25. The minimum Gasteiger partial charge on any atom is -0.494 e. The van der Waals surface area contributed by atoms with Crippen LogP contribution in [0.3, 0.4) is 0 Å². The molecule has 0 fully saturated rings. The summed E-state index contributed by atoms with van der Waals surface area (Å²) >= 11 is 3.69. The van der Waals surface area contributed by atoms with E-state index in [4.69, 9.17) is 4.74 Å². The molecule has 1 unspecified atom stereocenters. The van der Waals surface area contributed by atoms with Crippen molar-refractivity contribution in [2.24, 2.45) is 0 Å². The van der Waals surface area contributed by atoms with Gasteiger partial charge in [-0.25, -0.2) is 0 Å². The van der Waals surface area contributed by atoms with Crippen LogP contribution >= 0.6 is 22.7 Å². The highest BCUT2D eigenvalue weighted by Gasteiger charge is 2.16. The minimum absolute atomic E-state index is 0.260. The molecule has 3 rings (SSSR count). The summed E-state index contributed by atoms with van der Waals surface area (Å²) in [6, 6.07) is 13.2. The first-order chi connectivity index (χ1) is 10.3. The molecule has 2 heterocycles. The number of hydrogen-bond donors (Lipinski definition) is 1. The van der Waals surface area contributed by atoms with Gasteiger partial charge in [0.25, 0.3) is 0 Å². The van der Waals surface area contributed by atoms with E-state index < -0.39 is 0 Å². The molecule has 1 atom stereocenters. The predicted molar refractivity (Wildman–Crippen MR) is 92.8 cm³/mol. The average molecular weight is 317 g/mol.